The van der Waals surface area contributed by atoms with Crippen LogP contribution in [0.3, 0.4) is 0 Å². The van der Waals surface area contributed by atoms with Crippen LogP contribution in [0.4, 0.5) is 22.7 Å². The van der Waals surface area contributed by atoms with Gasteiger partial charge in [0.15, 0.2) is 0 Å². The van der Waals surface area contributed by atoms with E-state index in [2.05, 4.69) is 68.2 Å². The van der Waals surface area contributed by atoms with Crippen LogP contribution in [0, 0.1) is 0 Å². The largest absolute Gasteiger partial charge is 0.489 e. The van der Waals surface area contributed by atoms with E-state index in [-0.39, 0.29) is 24.9 Å². The van der Waals surface area contributed by atoms with Crippen LogP contribution in [-0.2, 0) is 17.7 Å². The van der Waals surface area contributed by atoms with Gasteiger partial charge >= 0.3 is 0 Å². The molecule has 3 heterocycles. The Balaban J connectivity index is 0.899. The molecule has 0 saturated carbocycles. The average molecular weight is 691 g/mol. The van der Waals surface area contributed by atoms with Crippen LogP contribution in [0.15, 0.2) is 91.0 Å². The van der Waals surface area contributed by atoms with Gasteiger partial charge in [-0.25, -0.2) is 0 Å². The van der Waals surface area contributed by atoms with Crippen molar-refractivity contribution in [3.8, 4) is 5.75 Å². The number of hydrogen-bond donors (Lipinski definition) is 4. The molecule has 4 N–H and O–H groups in total. The zero-order chi connectivity index (χ0) is 35.4. The summed E-state index contributed by atoms with van der Waals surface area (Å²) >= 11 is 0. The van der Waals surface area contributed by atoms with Gasteiger partial charge in [-0.1, -0.05) is 42.5 Å². The molecule has 1 amide bonds. The molecule has 0 radical (unpaired) electrons. The number of fused-ring (bicyclic) bond motifs is 2. The highest BCUT2D eigenvalue weighted by Gasteiger charge is 2.31. The van der Waals surface area contributed by atoms with E-state index in [4.69, 9.17) is 9.47 Å². The van der Waals surface area contributed by atoms with Crippen molar-refractivity contribution in [2.45, 2.75) is 57.3 Å². The van der Waals surface area contributed by atoms with Gasteiger partial charge < -0.3 is 35.0 Å². The average Bonchev–Trinajstić information content (AvgIpc) is 3.74. The minimum atomic E-state index is -1.25. The van der Waals surface area contributed by atoms with Crippen LogP contribution < -0.4 is 30.5 Å². The molecule has 4 aromatic carbocycles. The standard InChI is InChI=1S/C41H50N6O4/c1-41(49,42-26-38(50-3)45(2)23-20-29-10-6-4-7-11-29)28-51-34-16-12-30(13-17-34)39-43-36-19-15-33(25-37(36)44-39)47-27-31-24-32(14-18-35(31)40(47)48)46-21-8-5-9-22-46/h4,6-7,10-19,24-25,38-39,42-44,49H,5,8-9,20-23,26-28H2,1-3H3. The molecule has 3 atom stereocenters. The third-order valence-corrected chi connectivity index (χ3v) is 10.3. The number of piperidine rings is 1. The molecule has 7 rings (SSSR count). The van der Waals surface area contributed by atoms with Gasteiger partial charge in [-0.15, -0.1) is 0 Å². The Morgan fingerprint density at radius 2 is 1.69 bits per heavy atom. The van der Waals surface area contributed by atoms with E-state index < -0.39 is 5.72 Å². The Morgan fingerprint density at radius 3 is 2.45 bits per heavy atom. The first-order valence-corrected chi connectivity index (χ1v) is 18.1. The fraction of sp³-hybridized carbons (Fsp3) is 0.390. The number of aliphatic hydroxyl groups is 1. The number of anilines is 4. The van der Waals surface area contributed by atoms with E-state index in [0.29, 0.717) is 18.8 Å². The van der Waals surface area contributed by atoms with Crippen LogP contribution in [0.25, 0.3) is 0 Å². The van der Waals surface area contributed by atoms with Crippen molar-refractivity contribution >= 4 is 28.7 Å². The fourth-order valence-electron chi connectivity index (χ4n) is 7.18. The van der Waals surface area contributed by atoms with Crippen LogP contribution in [0.2, 0.25) is 0 Å². The first kappa shape index (κ1) is 34.8. The highest BCUT2D eigenvalue weighted by molar-refractivity contribution is 6.10. The van der Waals surface area contributed by atoms with Crippen molar-refractivity contribution < 1.29 is 19.4 Å². The number of nitrogens with zero attached hydrogens (tertiary/aromatic N) is 3. The summed E-state index contributed by atoms with van der Waals surface area (Å²) in [6.07, 6.45) is 4.34. The molecule has 268 valence electrons. The number of benzene rings is 4. The Morgan fingerprint density at radius 1 is 0.941 bits per heavy atom. The second kappa shape index (κ2) is 15.3. The number of ether oxygens (including phenoxy) is 2. The minimum absolute atomic E-state index is 0.0482. The summed E-state index contributed by atoms with van der Waals surface area (Å²) in [6, 6.07) is 30.6. The van der Waals surface area contributed by atoms with Crippen molar-refractivity contribution in [2.24, 2.45) is 0 Å². The van der Waals surface area contributed by atoms with Crippen molar-refractivity contribution in [1.29, 1.82) is 0 Å². The smallest absolute Gasteiger partial charge is 0.258 e. The topological polar surface area (TPSA) is 102 Å². The lowest BCUT2D eigenvalue weighted by Gasteiger charge is -2.31. The first-order valence-electron chi connectivity index (χ1n) is 18.1. The summed E-state index contributed by atoms with van der Waals surface area (Å²) in [5, 5.41) is 21.3. The molecule has 0 aliphatic carbocycles. The lowest BCUT2D eigenvalue weighted by atomic mass is 10.1. The van der Waals surface area contributed by atoms with E-state index >= 15 is 0 Å². The number of hydrogen-bond acceptors (Lipinski definition) is 9. The predicted molar refractivity (Wildman–Crippen MR) is 204 cm³/mol. The third-order valence-electron chi connectivity index (χ3n) is 10.3. The Bertz CT molecular complexity index is 1790. The molecule has 1 fully saturated rings. The third kappa shape index (κ3) is 8.15. The molecule has 3 unspecified atom stereocenters. The molecule has 0 aromatic heterocycles. The van der Waals surface area contributed by atoms with E-state index in [1.54, 1.807) is 14.0 Å². The molecule has 0 bridgehead atoms. The summed E-state index contributed by atoms with van der Waals surface area (Å²) in [4.78, 5) is 19.9. The van der Waals surface area contributed by atoms with Crippen molar-refractivity contribution in [2.75, 3.05) is 67.4 Å². The number of methoxy groups -OCH3 is 1. The van der Waals surface area contributed by atoms with E-state index in [1.807, 2.05) is 60.5 Å². The monoisotopic (exact) mass is 690 g/mol. The van der Waals surface area contributed by atoms with Crippen molar-refractivity contribution in [3.63, 3.8) is 0 Å². The molecule has 51 heavy (non-hydrogen) atoms. The van der Waals surface area contributed by atoms with Crippen LogP contribution >= 0.6 is 0 Å². The van der Waals surface area contributed by atoms with E-state index in [1.165, 1.54) is 30.5 Å². The van der Waals surface area contributed by atoms with E-state index in [0.717, 1.165) is 59.8 Å². The van der Waals surface area contributed by atoms with Gasteiger partial charge in [-0.3, -0.25) is 15.0 Å². The minimum Gasteiger partial charge on any atom is -0.489 e. The number of likely N-dealkylation sites (N-methyl/N-ethyl adjacent to an activating group) is 1. The highest BCUT2D eigenvalue weighted by Crippen LogP contribution is 2.40. The van der Waals surface area contributed by atoms with Gasteiger partial charge in [-0.2, -0.15) is 0 Å². The van der Waals surface area contributed by atoms with Gasteiger partial charge in [0.25, 0.3) is 5.91 Å². The van der Waals surface area contributed by atoms with Crippen LogP contribution in [-0.4, -0.2) is 74.8 Å². The molecule has 3 aliphatic heterocycles. The van der Waals surface area contributed by atoms with Crippen LogP contribution in [0.5, 0.6) is 5.75 Å². The van der Waals surface area contributed by atoms with Gasteiger partial charge in [-0.05, 0) is 105 Å². The quantitative estimate of drug-likeness (QED) is 0.115. The zero-order valence-electron chi connectivity index (χ0n) is 29.9. The molecular formula is C41H50N6O4. The maximum atomic E-state index is 13.4. The summed E-state index contributed by atoms with van der Waals surface area (Å²) < 4.78 is 11.7. The Hall–Kier alpha value is -4.61. The second-order valence-electron chi connectivity index (χ2n) is 14.2. The zero-order valence-corrected chi connectivity index (χ0v) is 29.9. The first-order chi connectivity index (χ1) is 24.8. The maximum Gasteiger partial charge on any atom is 0.258 e. The molecule has 3 aliphatic rings. The molecular weight excluding hydrogens is 640 g/mol. The fourth-order valence-corrected chi connectivity index (χ4v) is 7.18. The SMILES string of the molecule is COC(CNC(C)(O)COc1ccc(C2Nc3ccc(N4Cc5cc(N6CCCCC6)ccc5C4=O)cc3N2)cc1)N(C)CCc1ccccc1. The van der Waals surface area contributed by atoms with Gasteiger partial charge in [0, 0.05) is 50.2 Å². The summed E-state index contributed by atoms with van der Waals surface area (Å²) in [7, 11) is 3.71. The summed E-state index contributed by atoms with van der Waals surface area (Å²) in [6.45, 7) is 5.80. The maximum absolute atomic E-state index is 13.4. The number of carbonyl (C=O) groups excluding carboxylic acids is 1. The predicted octanol–water partition coefficient (Wildman–Crippen LogP) is 6.20. The highest BCUT2D eigenvalue weighted by atomic mass is 16.5. The van der Waals surface area contributed by atoms with Crippen molar-refractivity contribution in [3.05, 3.63) is 113 Å². The molecule has 1 saturated heterocycles. The van der Waals surface area contributed by atoms with Gasteiger partial charge in [0.1, 0.15) is 30.5 Å². The second-order valence-corrected chi connectivity index (χ2v) is 14.2. The lowest BCUT2D eigenvalue weighted by molar-refractivity contribution is -0.0591. The lowest BCUT2D eigenvalue weighted by Crippen LogP contribution is -2.53. The number of nitrogens with one attached hydrogen (secondary N) is 3. The summed E-state index contributed by atoms with van der Waals surface area (Å²) in [5.41, 5.74) is 7.00. The van der Waals surface area contributed by atoms with E-state index in [9.17, 15) is 9.90 Å². The number of carbonyl (C=O) groups is 1. The number of rotatable bonds is 14. The number of amides is 1. The Labute approximate surface area is 301 Å². The molecule has 10 heteroatoms. The molecule has 10 nitrogen and oxygen atoms in total. The molecule has 0 spiro atoms. The Kier molecular flexibility index (Phi) is 10.5. The molecule has 4 aromatic rings. The van der Waals surface area contributed by atoms with Gasteiger partial charge in [0.05, 0.1) is 17.9 Å². The van der Waals surface area contributed by atoms with Crippen LogP contribution in [0.1, 0.15) is 59.4 Å². The van der Waals surface area contributed by atoms with Crippen molar-refractivity contribution in [1.82, 2.24) is 10.2 Å². The normalized spacial score (nSPS) is 18.5. The summed E-state index contributed by atoms with van der Waals surface area (Å²) in [5.74, 6) is 0.713. The van der Waals surface area contributed by atoms with Gasteiger partial charge in [0.2, 0.25) is 0 Å².